The molecule has 1 aromatic heterocycles. The van der Waals surface area contributed by atoms with Gasteiger partial charge in [0.2, 0.25) is 5.91 Å². The Morgan fingerprint density at radius 3 is 3.00 bits per heavy atom. The van der Waals surface area contributed by atoms with E-state index in [2.05, 4.69) is 34.9 Å². The highest BCUT2D eigenvalue weighted by atomic mass is 32.1. The number of aromatic nitrogens is 1. The summed E-state index contributed by atoms with van der Waals surface area (Å²) in [5.74, 6) is 0.964. The van der Waals surface area contributed by atoms with E-state index in [4.69, 9.17) is 4.98 Å². The normalized spacial score (nSPS) is 26.6. The number of hydrogen-bond acceptors (Lipinski definition) is 4. The highest BCUT2D eigenvalue weighted by molar-refractivity contribution is 7.18. The Balaban J connectivity index is 1.46. The molecule has 2 N–H and O–H groups in total. The van der Waals surface area contributed by atoms with Crippen molar-refractivity contribution in [2.45, 2.75) is 31.6 Å². The van der Waals surface area contributed by atoms with Crippen molar-refractivity contribution in [2.24, 2.45) is 11.8 Å². The van der Waals surface area contributed by atoms with Gasteiger partial charge in [0.25, 0.3) is 0 Å². The molecule has 4 rings (SSSR count). The number of thiazole rings is 1. The number of amides is 1. The van der Waals surface area contributed by atoms with E-state index >= 15 is 0 Å². The molecular formula is C20H25N3OS. The molecule has 3 unspecified atom stereocenters. The number of allylic oxidation sites excluding steroid dienone is 2. The van der Waals surface area contributed by atoms with Crippen molar-refractivity contribution in [3.63, 3.8) is 0 Å². The van der Waals surface area contributed by atoms with Crippen LogP contribution in [0.25, 0.3) is 10.2 Å². The van der Waals surface area contributed by atoms with Crippen LogP contribution in [0.3, 0.4) is 0 Å². The van der Waals surface area contributed by atoms with Gasteiger partial charge in [0.05, 0.1) is 21.1 Å². The van der Waals surface area contributed by atoms with Crippen molar-refractivity contribution < 1.29 is 4.79 Å². The minimum atomic E-state index is 0.00196. The fourth-order valence-corrected chi connectivity index (χ4v) is 5.05. The van der Waals surface area contributed by atoms with Crippen LogP contribution in [-0.2, 0) is 4.79 Å². The highest BCUT2D eigenvalue weighted by Gasteiger charge is 2.32. The van der Waals surface area contributed by atoms with Gasteiger partial charge in [-0.2, -0.15) is 0 Å². The van der Waals surface area contributed by atoms with Gasteiger partial charge in [-0.05, 0) is 56.8 Å². The maximum atomic E-state index is 12.9. The summed E-state index contributed by atoms with van der Waals surface area (Å²) in [5.41, 5.74) is 1.05. The van der Waals surface area contributed by atoms with Crippen molar-refractivity contribution in [3.8, 4) is 0 Å². The van der Waals surface area contributed by atoms with Crippen LogP contribution in [0.2, 0.25) is 0 Å². The van der Waals surface area contributed by atoms with E-state index in [1.54, 1.807) is 11.3 Å². The second-order valence-electron chi connectivity index (χ2n) is 7.13. The van der Waals surface area contributed by atoms with Crippen LogP contribution in [0.5, 0.6) is 0 Å². The van der Waals surface area contributed by atoms with E-state index in [0.717, 1.165) is 43.0 Å². The van der Waals surface area contributed by atoms with E-state index in [-0.39, 0.29) is 17.7 Å². The van der Waals surface area contributed by atoms with Gasteiger partial charge >= 0.3 is 0 Å². The quantitative estimate of drug-likeness (QED) is 0.826. The number of nitrogens with one attached hydrogen (secondary N) is 2. The van der Waals surface area contributed by atoms with Crippen molar-refractivity contribution in [1.29, 1.82) is 0 Å². The lowest BCUT2D eigenvalue weighted by Gasteiger charge is -2.28. The maximum Gasteiger partial charge on any atom is 0.224 e. The average molecular weight is 356 g/mol. The summed E-state index contributed by atoms with van der Waals surface area (Å²) in [6, 6.07) is 8.24. The van der Waals surface area contributed by atoms with Crippen molar-refractivity contribution >= 4 is 27.5 Å². The fraction of sp³-hybridized carbons (Fsp3) is 0.500. The molecule has 3 atom stereocenters. The van der Waals surface area contributed by atoms with Crippen LogP contribution in [-0.4, -0.2) is 30.5 Å². The molecule has 0 radical (unpaired) electrons. The van der Waals surface area contributed by atoms with E-state index < -0.39 is 0 Å². The molecule has 2 aromatic rings. The molecule has 2 aliphatic rings. The topological polar surface area (TPSA) is 54.0 Å². The van der Waals surface area contributed by atoms with Crippen molar-refractivity contribution in [1.82, 2.24) is 15.6 Å². The first-order chi connectivity index (χ1) is 12.3. The molecule has 1 aromatic carbocycles. The summed E-state index contributed by atoms with van der Waals surface area (Å²) >= 11 is 1.74. The number of nitrogens with zero attached hydrogens (tertiary/aromatic N) is 1. The second kappa shape index (κ2) is 7.67. The summed E-state index contributed by atoms with van der Waals surface area (Å²) in [6.07, 6.45) is 8.49. The first kappa shape index (κ1) is 16.7. The number of benzene rings is 1. The van der Waals surface area contributed by atoms with Gasteiger partial charge < -0.3 is 10.6 Å². The minimum absolute atomic E-state index is 0.00196. The average Bonchev–Trinajstić information content (AvgIpc) is 3.11. The number of carbonyl (C=O) groups excluding carboxylic acids is 1. The molecule has 1 aliphatic heterocycles. The van der Waals surface area contributed by atoms with Crippen LogP contribution in [0.4, 0.5) is 0 Å². The van der Waals surface area contributed by atoms with Gasteiger partial charge in [0, 0.05) is 12.5 Å². The molecule has 0 saturated carbocycles. The third kappa shape index (κ3) is 3.77. The van der Waals surface area contributed by atoms with Crippen molar-refractivity contribution in [3.05, 3.63) is 41.4 Å². The number of para-hydroxylation sites is 1. The lowest BCUT2D eigenvalue weighted by Crippen LogP contribution is -2.41. The third-order valence-corrected chi connectivity index (χ3v) is 6.53. The third-order valence-electron chi connectivity index (χ3n) is 5.36. The largest absolute Gasteiger partial charge is 0.356 e. The summed E-state index contributed by atoms with van der Waals surface area (Å²) in [7, 11) is 0. The zero-order valence-electron chi connectivity index (χ0n) is 14.4. The number of fused-ring (bicyclic) bond motifs is 1. The SMILES string of the molecule is O=C(NCC1CCCNC1)C1CC=CCC1c1nc2ccccc2s1. The monoisotopic (exact) mass is 355 g/mol. The molecule has 1 fully saturated rings. The van der Waals surface area contributed by atoms with E-state index in [1.807, 2.05) is 12.1 Å². The molecule has 25 heavy (non-hydrogen) atoms. The molecular weight excluding hydrogens is 330 g/mol. The van der Waals surface area contributed by atoms with Gasteiger partial charge in [-0.3, -0.25) is 4.79 Å². The molecule has 0 spiro atoms. The van der Waals surface area contributed by atoms with Crippen LogP contribution in [0.1, 0.15) is 36.6 Å². The van der Waals surface area contributed by atoms with E-state index in [9.17, 15) is 4.79 Å². The summed E-state index contributed by atoms with van der Waals surface area (Å²) in [6.45, 7) is 2.92. The lowest BCUT2D eigenvalue weighted by molar-refractivity contribution is -0.126. The Morgan fingerprint density at radius 1 is 1.28 bits per heavy atom. The minimum Gasteiger partial charge on any atom is -0.356 e. The number of piperidine rings is 1. The van der Waals surface area contributed by atoms with Gasteiger partial charge in [-0.1, -0.05) is 24.3 Å². The van der Waals surface area contributed by atoms with E-state index in [0.29, 0.717) is 5.92 Å². The molecule has 1 aliphatic carbocycles. The second-order valence-corrected chi connectivity index (χ2v) is 8.20. The number of carbonyl (C=O) groups is 1. The van der Waals surface area contributed by atoms with Gasteiger partial charge in [-0.15, -0.1) is 11.3 Å². The van der Waals surface area contributed by atoms with Crippen LogP contribution in [0.15, 0.2) is 36.4 Å². The molecule has 1 saturated heterocycles. The van der Waals surface area contributed by atoms with Crippen LogP contribution in [0, 0.1) is 11.8 Å². The summed E-state index contributed by atoms with van der Waals surface area (Å²) < 4.78 is 1.21. The zero-order chi connectivity index (χ0) is 17.1. The fourth-order valence-electron chi connectivity index (χ4n) is 3.90. The molecule has 4 nitrogen and oxygen atoms in total. The first-order valence-corrected chi connectivity index (χ1v) is 10.1. The Labute approximate surface area is 152 Å². The molecule has 5 heteroatoms. The summed E-state index contributed by atoms with van der Waals surface area (Å²) in [5, 5.41) is 7.74. The Bertz CT molecular complexity index is 730. The smallest absolute Gasteiger partial charge is 0.224 e. The predicted molar refractivity (Wildman–Crippen MR) is 103 cm³/mol. The van der Waals surface area contributed by atoms with Gasteiger partial charge in [0.15, 0.2) is 0 Å². The molecule has 1 amide bonds. The number of hydrogen-bond donors (Lipinski definition) is 2. The molecule has 2 heterocycles. The zero-order valence-corrected chi connectivity index (χ0v) is 15.2. The van der Waals surface area contributed by atoms with Crippen molar-refractivity contribution in [2.75, 3.05) is 19.6 Å². The Kier molecular flexibility index (Phi) is 5.13. The summed E-state index contributed by atoms with van der Waals surface area (Å²) in [4.78, 5) is 17.7. The molecule has 132 valence electrons. The number of rotatable bonds is 4. The van der Waals surface area contributed by atoms with Crippen LogP contribution < -0.4 is 10.6 Å². The Morgan fingerprint density at radius 2 is 2.16 bits per heavy atom. The van der Waals surface area contributed by atoms with Gasteiger partial charge in [-0.25, -0.2) is 4.98 Å². The standard InChI is InChI=1S/C20H25N3OS/c24-19(22-13-14-6-5-11-21-12-14)15-7-1-2-8-16(15)20-23-17-9-3-4-10-18(17)25-20/h1-4,9-10,14-16,21H,5-8,11-13H2,(H,22,24). The highest BCUT2D eigenvalue weighted by Crippen LogP contribution is 2.38. The predicted octanol–water partition coefficient (Wildman–Crippen LogP) is 3.46. The van der Waals surface area contributed by atoms with Gasteiger partial charge in [0.1, 0.15) is 0 Å². The van der Waals surface area contributed by atoms with Crippen LogP contribution >= 0.6 is 11.3 Å². The lowest BCUT2D eigenvalue weighted by atomic mass is 9.82. The first-order valence-electron chi connectivity index (χ1n) is 9.30. The maximum absolute atomic E-state index is 12.9. The molecule has 0 bridgehead atoms. The Hall–Kier alpha value is -1.72. The van der Waals surface area contributed by atoms with E-state index in [1.165, 1.54) is 17.5 Å².